The van der Waals surface area contributed by atoms with Gasteiger partial charge in [-0.05, 0) is 36.1 Å². The molecule has 1 aliphatic carbocycles. The monoisotopic (exact) mass is 283 g/mol. The van der Waals surface area contributed by atoms with Crippen molar-refractivity contribution in [2.24, 2.45) is 11.7 Å². The highest BCUT2D eigenvalue weighted by atomic mass is 79.9. The van der Waals surface area contributed by atoms with Gasteiger partial charge in [-0.2, -0.15) is 0 Å². The lowest BCUT2D eigenvalue weighted by molar-refractivity contribution is 0.277. The minimum Gasteiger partial charge on any atom is -0.497 e. The topological polar surface area (TPSA) is 35.2 Å². The van der Waals surface area contributed by atoms with Crippen LogP contribution in [0.5, 0.6) is 5.75 Å². The standard InChI is InChI=1S/C13H18BrNO/c1-16-10-5-6-12(14)11(8-10)13(15)7-9-3-2-4-9/h5-6,8-9,13H,2-4,7,15H2,1H3. The Hall–Kier alpha value is -0.540. The van der Waals surface area contributed by atoms with Crippen molar-refractivity contribution < 1.29 is 4.74 Å². The van der Waals surface area contributed by atoms with E-state index in [9.17, 15) is 0 Å². The van der Waals surface area contributed by atoms with Gasteiger partial charge in [-0.25, -0.2) is 0 Å². The highest BCUT2D eigenvalue weighted by molar-refractivity contribution is 9.10. The van der Waals surface area contributed by atoms with Crippen molar-refractivity contribution in [1.29, 1.82) is 0 Å². The van der Waals surface area contributed by atoms with Crippen LogP contribution < -0.4 is 10.5 Å². The first-order valence-corrected chi connectivity index (χ1v) is 6.59. The van der Waals surface area contributed by atoms with E-state index in [1.54, 1.807) is 7.11 Å². The van der Waals surface area contributed by atoms with E-state index in [-0.39, 0.29) is 6.04 Å². The smallest absolute Gasteiger partial charge is 0.119 e. The van der Waals surface area contributed by atoms with E-state index in [1.165, 1.54) is 19.3 Å². The Balaban J connectivity index is 2.10. The fraction of sp³-hybridized carbons (Fsp3) is 0.538. The second-order valence-corrected chi connectivity index (χ2v) is 5.38. The summed E-state index contributed by atoms with van der Waals surface area (Å²) in [5, 5.41) is 0. The van der Waals surface area contributed by atoms with Crippen molar-refractivity contribution in [3.8, 4) is 5.75 Å². The van der Waals surface area contributed by atoms with Gasteiger partial charge in [0.05, 0.1) is 7.11 Å². The Bertz CT molecular complexity index is 363. The van der Waals surface area contributed by atoms with Crippen molar-refractivity contribution in [1.82, 2.24) is 0 Å². The Morgan fingerprint density at radius 2 is 2.25 bits per heavy atom. The summed E-state index contributed by atoms with van der Waals surface area (Å²) in [6.07, 6.45) is 5.15. The Labute approximate surface area is 105 Å². The zero-order valence-corrected chi connectivity index (χ0v) is 11.2. The fourth-order valence-electron chi connectivity index (χ4n) is 2.15. The molecule has 1 aromatic rings. The molecule has 1 aliphatic rings. The average molecular weight is 284 g/mol. The van der Waals surface area contributed by atoms with Crippen molar-refractivity contribution in [3.63, 3.8) is 0 Å². The van der Waals surface area contributed by atoms with Gasteiger partial charge in [0.2, 0.25) is 0 Å². The highest BCUT2D eigenvalue weighted by Gasteiger charge is 2.22. The van der Waals surface area contributed by atoms with Gasteiger partial charge in [-0.1, -0.05) is 35.2 Å². The molecule has 0 heterocycles. The van der Waals surface area contributed by atoms with E-state index in [0.29, 0.717) is 0 Å². The maximum absolute atomic E-state index is 6.24. The van der Waals surface area contributed by atoms with Crippen LogP contribution in [-0.4, -0.2) is 7.11 Å². The second-order valence-electron chi connectivity index (χ2n) is 4.53. The third-order valence-corrected chi connectivity index (χ3v) is 4.14. The minimum absolute atomic E-state index is 0.120. The van der Waals surface area contributed by atoms with Crippen LogP contribution in [0.2, 0.25) is 0 Å². The van der Waals surface area contributed by atoms with Gasteiger partial charge in [0.25, 0.3) is 0 Å². The average Bonchev–Trinajstić information content (AvgIpc) is 2.24. The van der Waals surface area contributed by atoms with Crippen molar-refractivity contribution in [2.45, 2.75) is 31.7 Å². The fourth-order valence-corrected chi connectivity index (χ4v) is 2.69. The summed E-state index contributed by atoms with van der Waals surface area (Å²) in [5.74, 6) is 1.70. The summed E-state index contributed by atoms with van der Waals surface area (Å²) in [7, 11) is 1.68. The summed E-state index contributed by atoms with van der Waals surface area (Å²) in [5.41, 5.74) is 7.40. The number of rotatable bonds is 4. The van der Waals surface area contributed by atoms with E-state index < -0.39 is 0 Å². The second kappa shape index (κ2) is 5.19. The van der Waals surface area contributed by atoms with Crippen molar-refractivity contribution in [2.75, 3.05) is 7.11 Å². The molecule has 0 aromatic heterocycles. The third-order valence-electron chi connectivity index (χ3n) is 3.41. The molecule has 1 aromatic carbocycles. The van der Waals surface area contributed by atoms with Gasteiger partial charge >= 0.3 is 0 Å². The lowest BCUT2D eigenvalue weighted by Gasteiger charge is -2.28. The summed E-state index contributed by atoms with van der Waals surface area (Å²) >= 11 is 3.55. The lowest BCUT2D eigenvalue weighted by atomic mass is 9.80. The van der Waals surface area contributed by atoms with Gasteiger partial charge in [-0.3, -0.25) is 0 Å². The van der Waals surface area contributed by atoms with Crippen LogP contribution in [0.25, 0.3) is 0 Å². The molecule has 1 fully saturated rings. The first kappa shape index (κ1) is 11.9. The molecule has 0 saturated heterocycles. The summed E-state index contributed by atoms with van der Waals surface area (Å²) in [6, 6.07) is 6.11. The molecular formula is C13H18BrNO. The first-order chi connectivity index (χ1) is 7.70. The highest BCUT2D eigenvalue weighted by Crippen LogP contribution is 2.36. The molecule has 16 heavy (non-hydrogen) atoms. The molecule has 2 nitrogen and oxygen atoms in total. The van der Waals surface area contributed by atoms with E-state index in [2.05, 4.69) is 15.9 Å². The van der Waals surface area contributed by atoms with Crippen molar-refractivity contribution in [3.05, 3.63) is 28.2 Å². The van der Waals surface area contributed by atoms with Gasteiger partial charge in [0.1, 0.15) is 5.75 Å². The summed E-state index contributed by atoms with van der Waals surface area (Å²) in [6.45, 7) is 0. The van der Waals surface area contributed by atoms with Crippen LogP contribution in [0.1, 0.15) is 37.3 Å². The lowest BCUT2D eigenvalue weighted by Crippen LogP contribution is -2.20. The predicted molar refractivity (Wildman–Crippen MR) is 69.6 cm³/mol. The molecule has 0 radical (unpaired) electrons. The number of benzene rings is 1. The molecule has 1 saturated carbocycles. The molecular weight excluding hydrogens is 266 g/mol. The summed E-state index contributed by atoms with van der Waals surface area (Å²) < 4.78 is 6.31. The predicted octanol–water partition coefficient (Wildman–Crippen LogP) is 3.65. The molecule has 2 rings (SSSR count). The Morgan fingerprint density at radius 1 is 1.50 bits per heavy atom. The van der Waals surface area contributed by atoms with Crippen molar-refractivity contribution >= 4 is 15.9 Å². The quantitative estimate of drug-likeness (QED) is 0.916. The molecule has 88 valence electrons. The number of halogens is 1. The molecule has 0 amide bonds. The van der Waals surface area contributed by atoms with Crippen LogP contribution >= 0.6 is 15.9 Å². The van der Waals surface area contributed by atoms with Crippen LogP contribution in [0, 0.1) is 5.92 Å². The van der Waals surface area contributed by atoms with Crippen LogP contribution in [0.4, 0.5) is 0 Å². The molecule has 1 atom stereocenters. The van der Waals surface area contributed by atoms with E-state index >= 15 is 0 Å². The number of nitrogens with two attached hydrogens (primary N) is 1. The SMILES string of the molecule is COc1ccc(Br)c(C(N)CC2CCC2)c1. The zero-order chi connectivity index (χ0) is 11.5. The molecule has 2 N–H and O–H groups in total. The molecule has 0 aliphatic heterocycles. The van der Waals surface area contributed by atoms with Gasteiger partial charge < -0.3 is 10.5 Å². The molecule has 0 spiro atoms. The number of hydrogen-bond acceptors (Lipinski definition) is 2. The number of ether oxygens (including phenoxy) is 1. The first-order valence-electron chi connectivity index (χ1n) is 5.79. The van der Waals surface area contributed by atoms with Gasteiger partial charge in [-0.15, -0.1) is 0 Å². The molecule has 1 unspecified atom stereocenters. The molecule has 0 bridgehead atoms. The van der Waals surface area contributed by atoms with Crippen LogP contribution in [0.3, 0.4) is 0 Å². The van der Waals surface area contributed by atoms with E-state index in [1.807, 2.05) is 18.2 Å². The molecule has 3 heteroatoms. The van der Waals surface area contributed by atoms with Gasteiger partial charge in [0, 0.05) is 10.5 Å². The minimum atomic E-state index is 0.120. The third kappa shape index (κ3) is 2.58. The van der Waals surface area contributed by atoms with Crippen LogP contribution in [0.15, 0.2) is 22.7 Å². The Morgan fingerprint density at radius 3 is 2.81 bits per heavy atom. The summed E-state index contributed by atoms with van der Waals surface area (Å²) in [4.78, 5) is 0. The number of methoxy groups -OCH3 is 1. The van der Waals surface area contributed by atoms with Gasteiger partial charge in [0.15, 0.2) is 0 Å². The maximum Gasteiger partial charge on any atom is 0.119 e. The van der Waals surface area contributed by atoms with E-state index in [0.717, 1.165) is 28.1 Å². The number of hydrogen-bond donors (Lipinski definition) is 1. The zero-order valence-electron chi connectivity index (χ0n) is 9.58. The van der Waals surface area contributed by atoms with E-state index in [4.69, 9.17) is 10.5 Å². The normalized spacial score (nSPS) is 17.9. The van der Waals surface area contributed by atoms with Crippen LogP contribution in [-0.2, 0) is 0 Å². The Kier molecular flexibility index (Phi) is 3.87. The maximum atomic E-state index is 6.24. The largest absolute Gasteiger partial charge is 0.497 e.